The van der Waals surface area contributed by atoms with Crippen LogP contribution in [0.3, 0.4) is 0 Å². The Bertz CT molecular complexity index is 588. The average Bonchev–Trinajstić information content (AvgIpc) is 2.97. The molecule has 2 rings (SSSR count). The van der Waals surface area contributed by atoms with Gasteiger partial charge in [-0.2, -0.15) is 0 Å². The van der Waals surface area contributed by atoms with Gasteiger partial charge in [0, 0.05) is 11.6 Å². The van der Waals surface area contributed by atoms with Crippen LogP contribution >= 0.6 is 11.5 Å². The number of hydrogen-bond acceptors (Lipinski definition) is 5. The van der Waals surface area contributed by atoms with Crippen molar-refractivity contribution in [2.24, 2.45) is 0 Å². The lowest BCUT2D eigenvalue weighted by molar-refractivity contribution is 0.410. The number of halogens is 1. The smallest absolute Gasteiger partial charge is 0.132 e. The fraction of sp³-hybridized carbons (Fsp3) is 0.467. The number of hydrogen-bond donors (Lipinski definition) is 1. The summed E-state index contributed by atoms with van der Waals surface area (Å²) < 4.78 is 23.5. The summed E-state index contributed by atoms with van der Waals surface area (Å²) in [6, 6.07) is 4.74. The summed E-state index contributed by atoms with van der Waals surface area (Å²) in [5.41, 5.74) is 1.52. The van der Waals surface area contributed by atoms with Crippen LogP contribution in [-0.2, 0) is 6.42 Å². The lowest BCUT2D eigenvalue weighted by Crippen LogP contribution is -2.24. The third kappa shape index (κ3) is 3.57. The predicted molar refractivity (Wildman–Crippen MR) is 82.4 cm³/mol. The van der Waals surface area contributed by atoms with Crippen LogP contribution in [0.25, 0.3) is 0 Å². The topological polar surface area (TPSA) is 47.0 Å². The second kappa shape index (κ2) is 7.47. The van der Waals surface area contributed by atoms with Crippen molar-refractivity contribution in [2.45, 2.75) is 32.7 Å². The van der Waals surface area contributed by atoms with Crippen LogP contribution in [0.1, 0.15) is 42.4 Å². The van der Waals surface area contributed by atoms with Gasteiger partial charge in [-0.25, -0.2) is 4.39 Å². The van der Waals surface area contributed by atoms with Crippen molar-refractivity contribution in [3.05, 3.63) is 40.2 Å². The second-order valence-electron chi connectivity index (χ2n) is 4.71. The van der Waals surface area contributed by atoms with E-state index in [0.29, 0.717) is 11.3 Å². The number of nitrogens with zero attached hydrogens (tertiary/aromatic N) is 2. The van der Waals surface area contributed by atoms with E-state index in [4.69, 9.17) is 4.74 Å². The van der Waals surface area contributed by atoms with E-state index in [0.717, 1.165) is 30.0 Å². The molecule has 0 fully saturated rings. The first kappa shape index (κ1) is 15.9. The summed E-state index contributed by atoms with van der Waals surface area (Å²) in [5, 5.41) is 7.52. The number of nitrogens with one attached hydrogen (secondary N) is 1. The molecule has 1 N–H and O–H groups in total. The maximum absolute atomic E-state index is 14.4. The lowest BCUT2D eigenvalue weighted by atomic mass is 10.0. The van der Waals surface area contributed by atoms with Gasteiger partial charge in [-0.05, 0) is 37.0 Å². The lowest BCUT2D eigenvalue weighted by Gasteiger charge is -2.19. The Morgan fingerprint density at radius 3 is 2.81 bits per heavy atom. The van der Waals surface area contributed by atoms with Gasteiger partial charge in [0.1, 0.15) is 11.6 Å². The molecule has 0 saturated heterocycles. The van der Waals surface area contributed by atoms with Gasteiger partial charge in [0.05, 0.1) is 23.7 Å². The molecule has 0 aliphatic heterocycles. The summed E-state index contributed by atoms with van der Waals surface area (Å²) in [4.78, 5) is 0.981. The summed E-state index contributed by atoms with van der Waals surface area (Å²) in [7, 11) is 1.53. The highest BCUT2D eigenvalue weighted by atomic mass is 32.1. The summed E-state index contributed by atoms with van der Waals surface area (Å²) >= 11 is 1.32. The molecular weight excluding hydrogens is 289 g/mol. The van der Waals surface area contributed by atoms with E-state index in [-0.39, 0.29) is 11.9 Å². The van der Waals surface area contributed by atoms with Gasteiger partial charge in [-0.15, -0.1) is 5.10 Å². The Hall–Kier alpha value is -1.53. The first-order chi connectivity index (χ1) is 10.2. The minimum absolute atomic E-state index is 0.217. The molecule has 0 bridgehead atoms. The molecule has 0 aliphatic carbocycles. The van der Waals surface area contributed by atoms with E-state index >= 15 is 0 Å². The molecule has 0 aliphatic rings. The Balaban J connectivity index is 2.40. The van der Waals surface area contributed by atoms with E-state index in [2.05, 4.69) is 21.8 Å². The number of aryl methyl sites for hydroxylation is 1. The molecule has 6 heteroatoms. The van der Waals surface area contributed by atoms with Crippen LogP contribution in [0.5, 0.6) is 5.75 Å². The molecule has 1 heterocycles. The fourth-order valence-electron chi connectivity index (χ4n) is 2.18. The van der Waals surface area contributed by atoms with E-state index < -0.39 is 0 Å². The normalized spacial score (nSPS) is 12.4. The maximum Gasteiger partial charge on any atom is 0.132 e. The molecular formula is C15H20FN3OS. The van der Waals surface area contributed by atoms with Crippen molar-refractivity contribution >= 4 is 11.5 Å². The molecule has 4 nitrogen and oxygen atoms in total. The highest BCUT2D eigenvalue weighted by molar-refractivity contribution is 7.05. The molecule has 2 aromatic rings. The van der Waals surface area contributed by atoms with Crippen molar-refractivity contribution in [1.29, 1.82) is 0 Å². The second-order valence-corrected chi connectivity index (χ2v) is 5.50. The molecule has 114 valence electrons. The van der Waals surface area contributed by atoms with Gasteiger partial charge in [-0.3, -0.25) is 0 Å². The number of benzene rings is 1. The van der Waals surface area contributed by atoms with Crippen molar-refractivity contribution in [2.75, 3.05) is 13.7 Å². The van der Waals surface area contributed by atoms with Crippen LogP contribution in [0, 0.1) is 5.82 Å². The zero-order valence-corrected chi connectivity index (χ0v) is 13.3. The molecule has 0 amide bonds. The van der Waals surface area contributed by atoms with Crippen LogP contribution < -0.4 is 10.1 Å². The zero-order chi connectivity index (χ0) is 15.2. The van der Waals surface area contributed by atoms with Crippen LogP contribution in [-0.4, -0.2) is 23.2 Å². The predicted octanol–water partition coefficient (Wildman–Crippen LogP) is 3.34. The van der Waals surface area contributed by atoms with Crippen molar-refractivity contribution < 1.29 is 9.13 Å². The molecule has 0 spiro atoms. The summed E-state index contributed by atoms with van der Waals surface area (Å²) in [6.07, 6.45) is 1.76. The van der Waals surface area contributed by atoms with Crippen LogP contribution in [0.2, 0.25) is 0 Å². The Morgan fingerprint density at radius 1 is 1.38 bits per heavy atom. The number of aromatic nitrogens is 2. The van der Waals surface area contributed by atoms with Crippen molar-refractivity contribution in [3.8, 4) is 5.75 Å². The first-order valence-electron chi connectivity index (χ1n) is 7.09. The SMILES string of the molecule is CCCNC(c1ccc(OC)cc1F)c1snnc1CC. The zero-order valence-electron chi connectivity index (χ0n) is 12.5. The maximum atomic E-state index is 14.4. The van der Waals surface area contributed by atoms with Crippen molar-refractivity contribution in [1.82, 2.24) is 14.9 Å². The van der Waals surface area contributed by atoms with E-state index in [9.17, 15) is 4.39 Å². The Morgan fingerprint density at radius 2 is 2.19 bits per heavy atom. The van der Waals surface area contributed by atoms with Gasteiger partial charge >= 0.3 is 0 Å². The Kier molecular flexibility index (Phi) is 5.64. The third-order valence-electron chi connectivity index (χ3n) is 3.30. The summed E-state index contributed by atoms with van der Waals surface area (Å²) in [6.45, 7) is 4.92. The number of ether oxygens (including phenoxy) is 1. The van der Waals surface area contributed by atoms with Gasteiger partial charge in [0.25, 0.3) is 0 Å². The van der Waals surface area contributed by atoms with Crippen molar-refractivity contribution in [3.63, 3.8) is 0 Å². The fourth-order valence-corrected chi connectivity index (χ4v) is 3.02. The van der Waals surface area contributed by atoms with Crippen LogP contribution in [0.4, 0.5) is 4.39 Å². The minimum Gasteiger partial charge on any atom is -0.497 e. The minimum atomic E-state index is -0.279. The quantitative estimate of drug-likeness (QED) is 0.852. The van der Waals surface area contributed by atoms with Gasteiger partial charge < -0.3 is 10.1 Å². The average molecular weight is 309 g/mol. The number of methoxy groups -OCH3 is 1. The standard InChI is InChI=1S/C15H20FN3OS/c1-4-8-17-14(15-13(5-2)18-19-21-15)11-7-6-10(20-3)9-12(11)16/h6-7,9,14,17H,4-5,8H2,1-3H3. The molecule has 0 saturated carbocycles. The van der Waals surface area contributed by atoms with E-state index in [1.807, 2.05) is 6.92 Å². The van der Waals surface area contributed by atoms with E-state index in [1.54, 1.807) is 12.1 Å². The van der Waals surface area contributed by atoms with Gasteiger partial charge in [-0.1, -0.05) is 24.4 Å². The monoisotopic (exact) mass is 309 g/mol. The summed E-state index contributed by atoms with van der Waals surface area (Å²) in [5.74, 6) is 0.238. The number of rotatable bonds is 7. The van der Waals surface area contributed by atoms with Gasteiger partial charge in [0.15, 0.2) is 0 Å². The Labute approximate surface area is 128 Å². The van der Waals surface area contributed by atoms with Crippen LogP contribution in [0.15, 0.2) is 18.2 Å². The molecule has 1 aromatic heterocycles. The highest BCUT2D eigenvalue weighted by Gasteiger charge is 2.23. The molecule has 1 atom stereocenters. The molecule has 21 heavy (non-hydrogen) atoms. The molecule has 1 aromatic carbocycles. The van der Waals surface area contributed by atoms with Gasteiger partial charge in [0.2, 0.25) is 0 Å². The first-order valence-corrected chi connectivity index (χ1v) is 7.86. The highest BCUT2D eigenvalue weighted by Crippen LogP contribution is 2.30. The molecule has 0 radical (unpaired) electrons. The van der Waals surface area contributed by atoms with E-state index in [1.165, 1.54) is 24.7 Å². The molecule has 1 unspecified atom stereocenters. The largest absolute Gasteiger partial charge is 0.497 e. The third-order valence-corrected chi connectivity index (χ3v) is 4.13.